The number of amides is 3. The third-order valence-corrected chi connectivity index (χ3v) is 5.92. The molecule has 36 heavy (non-hydrogen) atoms. The molecule has 0 saturated heterocycles. The number of fused-ring (bicyclic) bond motifs is 1. The molecule has 3 aromatic rings. The maximum absolute atomic E-state index is 12.7. The zero-order chi connectivity index (χ0) is 26.0. The molecule has 0 unspecified atom stereocenters. The fraction of sp³-hybridized carbons (Fsp3) is 0. The van der Waals surface area contributed by atoms with Crippen molar-refractivity contribution in [3.8, 4) is 0 Å². The lowest BCUT2D eigenvalue weighted by molar-refractivity contribution is -0.384. The van der Waals surface area contributed by atoms with E-state index in [4.69, 9.17) is 35.4 Å². The van der Waals surface area contributed by atoms with Crippen molar-refractivity contribution in [3.05, 3.63) is 104 Å². The summed E-state index contributed by atoms with van der Waals surface area (Å²) in [7, 11) is 0. The second-order valence-electron chi connectivity index (χ2n) is 7.40. The van der Waals surface area contributed by atoms with Crippen molar-refractivity contribution in [3.63, 3.8) is 0 Å². The van der Waals surface area contributed by atoms with E-state index in [9.17, 15) is 24.5 Å². The predicted octanol–water partition coefficient (Wildman–Crippen LogP) is 5.23. The van der Waals surface area contributed by atoms with Gasteiger partial charge in [-0.2, -0.15) is 0 Å². The Hall–Kier alpha value is -4.12. The summed E-state index contributed by atoms with van der Waals surface area (Å²) in [6.07, 6.45) is 2.51. The number of benzene rings is 3. The molecular weight excluding hydrogens is 527 g/mol. The number of nitro benzene ring substituents is 1. The van der Waals surface area contributed by atoms with E-state index in [1.54, 1.807) is 24.3 Å². The van der Waals surface area contributed by atoms with Crippen LogP contribution in [0, 0.1) is 10.1 Å². The van der Waals surface area contributed by atoms with E-state index in [-0.39, 0.29) is 26.5 Å². The Bertz CT molecular complexity index is 1460. The van der Waals surface area contributed by atoms with E-state index in [1.165, 1.54) is 42.5 Å². The number of halogens is 2. The summed E-state index contributed by atoms with van der Waals surface area (Å²) >= 11 is 17.2. The fourth-order valence-electron chi connectivity index (χ4n) is 3.42. The lowest BCUT2D eigenvalue weighted by atomic mass is 10.1. The Kier molecular flexibility index (Phi) is 7.11. The lowest BCUT2D eigenvalue weighted by Gasteiger charge is -2.16. The molecule has 1 aliphatic rings. The highest BCUT2D eigenvalue weighted by atomic mass is 35.5. The fourth-order valence-corrected chi connectivity index (χ4v) is 4.04. The minimum atomic E-state index is -0.623. The summed E-state index contributed by atoms with van der Waals surface area (Å²) in [6, 6.07) is 15.1. The van der Waals surface area contributed by atoms with Gasteiger partial charge in [-0.15, -0.1) is 0 Å². The van der Waals surface area contributed by atoms with Crippen molar-refractivity contribution < 1.29 is 19.3 Å². The van der Waals surface area contributed by atoms with Crippen LogP contribution in [0.3, 0.4) is 0 Å². The molecule has 12 heteroatoms. The van der Waals surface area contributed by atoms with Crippen LogP contribution in [-0.4, -0.2) is 27.8 Å². The van der Waals surface area contributed by atoms with Crippen LogP contribution in [0.15, 0.2) is 66.7 Å². The molecule has 4 rings (SSSR count). The number of hydrogen-bond donors (Lipinski definition) is 2. The Morgan fingerprint density at radius 3 is 2.25 bits per heavy atom. The van der Waals surface area contributed by atoms with Crippen LogP contribution in [0.5, 0.6) is 0 Å². The Balaban J connectivity index is 1.40. The number of nitro groups is 1. The molecule has 0 atom stereocenters. The molecule has 0 aliphatic carbocycles. The summed E-state index contributed by atoms with van der Waals surface area (Å²) in [4.78, 5) is 48.9. The molecule has 180 valence electrons. The lowest BCUT2D eigenvalue weighted by Crippen LogP contribution is -2.33. The van der Waals surface area contributed by atoms with Gasteiger partial charge in [0, 0.05) is 12.1 Å². The molecule has 1 aliphatic heterocycles. The highest BCUT2D eigenvalue weighted by Gasteiger charge is 2.36. The number of rotatable bonds is 5. The van der Waals surface area contributed by atoms with Gasteiger partial charge in [-0.25, -0.2) is 4.90 Å². The summed E-state index contributed by atoms with van der Waals surface area (Å²) in [5.74, 6) is -1.50. The first-order valence-corrected chi connectivity index (χ1v) is 11.3. The van der Waals surface area contributed by atoms with Crippen LogP contribution in [0.1, 0.15) is 26.3 Å². The van der Waals surface area contributed by atoms with Gasteiger partial charge < -0.3 is 5.32 Å². The van der Waals surface area contributed by atoms with Gasteiger partial charge in [0.25, 0.3) is 17.5 Å². The molecule has 0 aromatic heterocycles. The third kappa shape index (κ3) is 5.10. The van der Waals surface area contributed by atoms with E-state index >= 15 is 0 Å². The zero-order valence-corrected chi connectivity index (χ0v) is 20.4. The van der Waals surface area contributed by atoms with Crippen LogP contribution in [0.4, 0.5) is 17.1 Å². The van der Waals surface area contributed by atoms with Gasteiger partial charge in [0.2, 0.25) is 5.91 Å². The van der Waals surface area contributed by atoms with Crippen LogP contribution in [-0.2, 0) is 4.79 Å². The normalized spacial score (nSPS) is 12.6. The molecule has 0 saturated carbocycles. The van der Waals surface area contributed by atoms with Crippen LogP contribution in [0.25, 0.3) is 6.08 Å². The van der Waals surface area contributed by atoms with Gasteiger partial charge >= 0.3 is 0 Å². The number of imide groups is 1. The van der Waals surface area contributed by atoms with Gasteiger partial charge in [0.1, 0.15) is 5.02 Å². The molecule has 3 amide bonds. The molecular formula is C24H14Cl2N4O5S. The maximum atomic E-state index is 12.7. The van der Waals surface area contributed by atoms with E-state index in [0.717, 1.165) is 11.0 Å². The molecule has 0 radical (unpaired) electrons. The van der Waals surface area contributed by atoms with Crippen LogP contribution in [0.2, 0.25) is 10.0 Å². The van der Waals surface area contributed by atoms with Crippen molar-refractivity contribution in [2.75, 3.05) is 10.2 Å². The standard InChI is InChI=1S/C24H14Cl2N4O5S/c25-17-8-5-13(11-20(17)30(34)35)6-10-21(31)28-24(36)27-19-9-7-14(12-18(19)26)29-22(32)15-3-1-2-4-16(15)23(29)33/h1-12H,(H2,27,28,31,36)/b10-6+. The molecule has 0 spiro atoms. The molecule has 0 fully saturated rings. The van der Waals surface area contributed by atoms with Crippen LogP contribution < -0.4 is 15.5 Å². The SMILES string of the molecule is O=C(/C=C/c1ccc(Cl)c([N+](=O)[O-])c1)NC(=S)Nc1ccc(N2C(=O)c3ccccc3C2=O)cc1Cl. The first kappa shape index (κ1) is 25.0. The number of nitrogens with one attached hydrogen (secondary N) is 2. The predicted molar refractivity (Wildman–Crippen MR) is 141 cm³/mol. The minimum absolute atomic E-state index is 0.0159. The zero-order valence-electron chi connectivity index (χ0n) is 18.0. The Labute approximate surface area is 219 Å². The summed E-state index contributed by atoms with van der Waals surface area (Å²) in [6.45, 7) is 0. The molecule has 1 heterocycles. The number of thiocarbonyl (C=S) groups is 1. The summed E-state index contributed by atoms with van der Waals surface area (Å²) < 4.78 is 0. The third-order valence-electron chi connectivity index (χ3n) is 5.08. The first-order valence-electron chi connectivity index (χ1n) is 10.2. The van der Waals surface area contributed by atoms with Crippen LogP contribution >= 0.6 is 35.4 Å². The van der Waals surface area contributed by atoms with Gasteiger partial charge in [-0.3, -0.25) is 29.8 Å². The van der Waals surface area contributed by atoms with Crippen molar-refractivity contribution >= 4 is 81.4 Å². The van der Waals surface area contributed by atoms with Crippen molar-refractivity contribution in [1.29, 1.82) is 0 Å². The summed E-state index contributed by atoms with van der Waals surface area (Å²) in [5, 5.41) is 16.3. The average Bonchev–Trinajstić information content (AvgIpc) is 3.09. The van der Waals surface area contributed by atoms with Crippen molar-refractivity contribution in [2.24, 2.45) is 0 Å². The summed E-state index contributed by atoms with van der Waals surface area (Å²) in [5.41, 5.74) is 1.35. The van der Waals surface area contributed by atoms with Crippen molar-refractivity contribution in [2.45, 2.75) is 0 Å². The average molecular weight is 541 g/mol. The number of carbonyl (C=O) groups is 3. The second-order valence-corrected chi connectivity index (χ2v) is 8.62. The largest absolute Gasteiger partial charge is 0.331 e. The number of carbonyl (C=O) groups excluding carboxylic acids is 3. The minimum Gasteiger partial charge on any atom is -0.331 e. The number of nitrogens with zero attached hydrogens (tertiary/aromatic N) is 2. The van der Waals surface area contributed by atoms with E-state index in [0.29, 0.717) is 22.4 Å². The molecule has 3 aromatic carbocycles. The molecule has 9 nitrogen and oxygen atoms in total. The molecule has 2 N–H and O–H groups in total. The first-order chi connectivity index (χ1) is 17.2. The van der Waals surface area contributed by atoms with Gasteiger partial charge in [-0.1, -0.05) is 41.4 Å². The van der Waals surface area contributed by atoms with Gasteiger partial charge in [0.15, 0.2) is 5.11 Å². The Morgan fingerprint density at radius 1 is 0.972 bits per heavy atom. The van der Waals surface area contributed by atoms with Gasteiger partial charge in [0.05, 0.1) is 32.4 Å². The number of anilines is 2. The van der Waals surface area contributed by atoms with Crippen molar-refractivity contribution in [1.82, 2.24) is 5.32 Å². The Morgan fingerprint density at radius 2 is 1.64 bits per heavy atom. The van der Waals surface area contributed by atoms with E-state index < -0.39 is 22.6 Å². The maximum Gasteiger partial charge on any atom is 0.288 e. The highest BCUT2D eigenvalue weighted by molar-refractivity contribution is 7.80. The van der Waals surface area contributed by atoms with E-state index in [1.807, 2.05) is 0 Å². The monoisotopic (exact) mass is 540 g/mol. The van der Waals surface area contributed by atoms with Gasteiger partial charge in [-0.05, 0) is 60.3 Å². The smallest absolute Gasteiger partial charge is 0.288 e. The number of hydrogen-bond acceptors (Lipinski definition) is 6. The topological polar surface area (TPSA) is 122 Å². The van der Waals surface area contributed by atoms with E-state index in [2.05, 4.69) is 10.6 Å². The quantitative estimate of drug-likeness (QED) is 0.149. The highest BCUT2D eigenvalue weighted by Crippen LogP contribution is 2.33. The molecule has 0 bridgehead atoms. The second kappa shape index (κ2) is 10.2.